The normalized spacial score (nSPS) is 9.64. The summed E-state index contributed by atoms with van der Waals surface area (Å²) in [5, 5.41) is 0. The molecule has 14 heavy (non-hydrogen) atoms. The molecule has 0 radical (unpaired) electrons. The van der Waals surface area contributed by atoms with Gasteiger partial charge >= 0.3 is 5.97 Å². The van der Waals surface area contributed by atoms with Gasteiger partial charge in [-0.25, -0.2) is 4.79 Å². The van der Waals surface area contributed by atoms with Gasteiger partial charge in [0.25, 0.3) is 0 Å². The summed E-state index contributed by atoms with van der Waals surface area (Å²) in [6, 6.07) is 4.86. The van der Waals surface area contributed by atoms with Crippen LogP contribution in [0, 0.1) is 0 Å². The Hall–Kier alpha value is -0.740. The summed E-state index contributed by atoms with van der Waals surface area (Å²) < 4.78 is 10.1. The predicted molar refractivity (Wildman–Crippen MR) is 56.6 cm³/mol. The average Bonchev–Trinajstić information content (AvgIpc) is 2.20. The fourth-order valence-corrected chi connectivity index (χ4v) is 1.39. The molecular weight excluding hydrogens is 271 g/mol. The second kappa shape index (κ2) is 5.22. The van der Waals surface area contributed by atoms with E-state index in [0.717, 1.165) is 4.47 Å². The van der Waals surface area contributed by atoms with Gasteiger partial charge in [-0.05, 0) is 41.1 Å². The zero-order valence-corrected chi connectivity index (χ0v) is 9.76. The Bertz CT molecular complexity index is 341. The highest BCUT2D eigenvalue weighted by atomic mass is 79.9. The van der Waals surface area contributed by atoms with E-state index in [2.05, 4.69) is 20.2 Å². The minimum Gasteiger partial charge on any atom is -0.493 e. The summed E-state index contributed by atoms with van der Waals surface area (Å²) >= 11 is 8.25. The molecule has 76 valence electrons. The van der Waals surface area contributed by atoms with Crippen LogP contribution in [-0.2, 0) is 4.29 Å². The molecule has 0 spiro atoms. The molecule has 0 amide bonds. The molecule has 3 nitrogen and oxygen atoms in total. The van der Waals surface area contributed by atoms with Crippen LogP contribution < -0.4 is 4.74 Å². The van der Waals surface area contributed by atoms with Gasteiger partial charge in [0.1, 0.15) is 17.6 Å². The molecule has 0 aromatic heterocycles. The van der Waals surface area contributed by atoms with E-state index in [0.29, 0.717) is 17.9 Å². The molecule has 0 saturated heterocycles. The van der Waals surface area contributed by atoms with Crippen molar-refractivity contribution in [2.24, 2.45) is 0 Å². The average molecular weight is 280 g/mol. The molecule has 0 unspecified atom stereocenters. The molecule has 0 bridgehead atoms. The lowest BCUT2D eigenvalue weighted by Crippen LogP contribution is -2.00. The van der Waals surface area contributed by atoms with Crippen molar-refractivity contribution in [2.45, 2.75) is 6.92 Å². The van der Waals surface area contributed by atoms with E-state index < -0.39 is 5.97 Å². The van der Waals surface area contributed by atoms with Crippen LogP contribution >= 0.6 is 27.8 Å². The third-order valence-corrected chi connectivity index (χ3v) is 2.33. The first-order valence-corrected chi connectivity index (χ1v) is 5.04. The Morgan fingerprint density at radius 1 is 1.57 bits per heavy atom. The number of benzene rings is 1. The molecule has 0 aliphatic carbocycles. The first-order valence-electron chi connectivity index (χ1n) is 3.94. The van der Waals surface area contributed by atoms with Crippen molar-refractivity contribution < 1.29 is 13.8 Å². The number of halogens is 2. The lowest BCUT2D eigenvalue weighted by atomic mass is 10.2. The Labute approximate surface area is 95.3 Å². The zero-order chi connectivity index (χ0) is 10.6. The van der Waals surface area contributed by atoms with Crippen molar-refractivity contribution in [3.8, 4) is 5.75 Å². The Kier molecular flexibility index (Phi) is 4.22. The summed E-state index contributed by atoms with van der Waals surface area (Å²) in [6.07, 6.45) is 0. The summed E-state index contributed by atoms with van der Waals surface area (Å²) in [6.45, 7) is 2.39. The molecule has 0 fully saturated rings. The molecule has 0 aliphatic rings. The van der Waals surface area contributed by atoms with Gasteiger partial charge in [-0.1, -0.05) is 0 Å². The number of hydrogen-bond acceptors (Lipinski definition) is 3. The fourth-order valence-electron chi connectivity index (χ4n) is 0.941. The van der Waals surface area contributed by atoms with E-state index in [1.54, 1.807) is 18.2 Å². The Balaban J connectivity index is 2.99. The quantitative estimate of drug-likeness (QED) is 0.852. The van der Waals surface area contributed by atoms with Gasteiger partial charge in [0, 0.05) is 0 Å². The molecular formula is C9H8BrClO3. The van der Waals surface area contributed by atoms with E-state index in [1.807, 2.05) is 6.92 Å². The zero-order valence-electron chi connectivity index (χ0n) is 7.42. The topological polar surface area (TPSA) is 35.5 Å². The van der Waals surface area contributed by atoms with Gasteiger partial charge in [0.15, 0.2) is 0 Å². The highest BCUT2D eigenvalue weighted by Crippen LogP contribution is 2.26. The number of hydrogen-bond donors (Lipinski definition) is 0. The van der Waals surface area contributed by atoms with Crippen LogP contribution in [-0.4, -0.2) is 12.6 Å². The molecule has 0 N–H and O–H groups in total. The standard InChI is InChI=1S/C9H8BrClO3/c1-2-13-8-5-6(9(12)14-11)3-4-7(8)10/h3-5H,2H2,1H3. The molecule has 5 heteroatoms. The summed E-state index contributed by atoms with van der Waals surface area (Å²) in [5.74, 6) is -0.00723. The second-order valence-electron chi connectivity index (χ2n) is 2.44. The van der Waals surface area contributed by atoms with Crippen LogP contribution in [0.3, 0.4) is 0 Å². The predicted octanol–water partition coefficient (Wildman–Crippen LogP) is 3.16. The first-order chi connectivity index (χ1) is 6.69. The number of carbonyl (C=O) groups is 1. The van der Waals surface area contributed by atoms with Crippen LogP contribution in [0.25, 0.3) is 0 Å². The number of carbonyl (C=O) groups excluding carboxylic acids is 1. The number of ether oxygens (including phenoxy) is 1. The van der Waals surface area contributed by atoms with E-state index in [1.165, 1.54) is 0 Å². The van der Waals surface area contributed by atoms with Gasteiger partial charge in [-0.15, -0.1) is 0 Å². The van der Waals surface area contributed by atoms with E-state index in [4.69, 9.17) is 16.6 Å². The van der Waals surface area contributed by atoms with Crippen LogP contribution in [0.5, 0.6) is 5.75 Å². The summed E-state index contributed by atoms with van der Waals surface area (Å²) in [7, 11) is 0. The summed E-state index contributed by atoms with van der Waals surface area (Å²) in [5.41, 5.74) is 0.353. The van der Waals surface area contributed by atoms with Gasteiger partial charge in [-0.2, -0.15) is 0 Å². The Morgan fingerprint density at radius 3 is 2.86 bits per heavy atom. The van der Waals surface area contributed by atoms with Crippen molar-refractivity contribution in [3.05, 3.63) is 28.2 Å². The van der Waals surface area contributed by atoms with Crippen molar-refractivity contribution >= 4 is 33.8 Å². The maximum atomic E-state index is 11.1. The van der Waals surface area contributed by atoms with E-state index >= 15 is 0 Å². The van der Waals surface area contributed by atoms with Gasteiger partial charge in [0.05, 0.1) is 16.6 Å². The molecule has 0 saturated carbocycles. The van der Waals surface area contributed by atoms with Crippen LogP contribution in [0.1, 0.15) is 17.3 Å². The van der Waals surface area contributed by atoms with Crippen LogP contribution in [0.15, 0.2) is 22.7 Å². The minimum absolute atomic E-state index is 0.353. The Morgan fingerprint density at radius 2 is 2.29 bits per heavy atom. The van der Waals surface area contributed by atoms with Crippen molar-refractivity contribution in [2.75, 3.05) is 6.61 Å². The van der Waals surface area contributed by atoms with E-state index in [-0.39, 0.29) is 0 Å². The molecule has 0 aliphatic heterocycles. The third kappa shape index (κ3) is 2.62. The monoisotopic (exact) mass is 278 g/mol. The lowest BCUT2D eigenvalue weighted by molar-refractivity contribution is 0.0751. The van der Waals surface area contributed by atoms with Crippen LogP contribution in [0.4, 0.5) is 0 Å². The highest BCUT2D eigenvalue weighted by Gasteiger charge is 2.09. The van der Waals surface area contributed by atoms with Crippen LogP contribution in [0.2, 0.25) is 0 Å². The fraction of sp³-hybridized carbons (Fsp3) is 0.222. The lowest BCUT2D eigenvalue weighted by Gasteiger charge is -2.06. The van der Waals surface area contributed by atoms with E-state index in [9.17, 15) is 4.79 Å². The van der Waals surface area contributed by atoms with Crippen molar-refractivity contribution in [1.82, 2.24) is 0 Å². The maximum absolute atomic E-state index is 11.1. The SMILES string of the molecule is CCOc1cc(C(=O)OCl)ccc1Br. The number of rotatable bonds is 3. The third-order valence-electron chi connectivity index (χ3n) is 1.54. The van der Waals surface area contributed by atoms with Crippen molar-refractivity contribution in [1.29, 1.82) is 0 Å². The first kappa shape index (κ1) is 11.3. The molecule has 0 heterocycles. The summed E-state index contributed by atoms with van der Waals surface area (Å²) in [4.78, 5) is 11.1. The van der Waals surface area contributed by atoms with Gasteiger partial charge in [-0.3, -0.25) is 0 Å². The largest absolute Gasteiger partial charge is 0.493 e. The van der Waals surface area contributed by atoms with Gasteiger partial charge in [0.2, 0.25) is 0 Å². The highest BCUT2D eigenvalue weighted by molar-refractivity contribution is 9.10. The molecule has 1 aromatic carbocycles. The van der Waals surface area contributed by atoms with Crippen molar-refractivity contribution in [3.63, 3.8) is 0 Å². The van der Waals surface area contributed by atoms with Gasteiger partial charge < -0.3 is 9.03 Å². The maximum Gasteiger partial charge on any atom is 0.356 e. The molecule has 1 rings (SSSR count). The smallest absolute Gasteiger partial charge is 0.356 e. The minimum atomic E-state index is -0.597. The molecule has 0 atom stereocenters. The second-order valence-corrected chi connectivity index (χ2v) is 3.45. The molecule has 1 aromatic rings.